The van der Waals surface area contributed by atoms with Crippen LogP contribution in [0, 0.1) is 5.41 Å². The molecule has 0 aliphatic carbocycles. The van der Waals surface area contributed by atoms with Crippen molar-refractivity contribution in [3.63, 3.8) is 0 Å². The first-order chi connectivity index (χ1) is 4.96. The third kappa shape index (κ3) is 2.05. The Hall–Kier alpha value is -0.830. The highest BCUT2D eigenvalue weighted by Crippen LogP contribution is 2.23. The number of carbonyl (C=O) groups is 1. The molecule has 0 fully saturated rings. The molecule has 0 aliphatic rings. The van der Waals surface area contributed by atoms with Gasteiger partial charge in [-0.25, -0.2) is 0 Å². The van der Waals surface area contributed by atoms with Crippen LogP contribution in [0.2, 0.25) is 0 Å². The molecule has 0 aromatic heterocycles. The summed E-state index contributed by atoms with van der Waals surface area (Å²) in [5.74, 6) is -0.128. The quantitative estimate of drug-likeness (QED) is 0.579. The molecule has 0 saturated heterocycles. The first-order valence-electron chi connectivity index (χ1n) is 3.48. The lowest BCUT2D eigenvalue weighted by molar-refractivity contribution is -0.127. The van der Waals surface area contributed by atoms with Crippen LogP contribution in [-0.2, 0) is 4.79 Å². The van der Waals surface area contributed by atoms with Crippen molar-refractivity contribution in [1.82, 2.24) is 5.32 Å². The summed E-state index contributed by atoms with van der Waals surface area (Å²) in [5, 5.41) is 11.2. The topological polar surface area (TPSA) is 49.3 Å². The summed E-state index contributed by atoms with van der Waals surface area (Å²) in [6.45, 7) is 6.90. The van der Waals surface area contributed by atoms with Gasteiger partial charge in [0, 0.05) is 7.05 Å². The summed E-state index contributed by atoms with van der Waals surface area (Å²) in [6, 6.07) is 0. The van der Waals surface area contributed by atoms with E-state index in [1.807, 2.05) is 0 Å². The standard InChI is InChI=1S/C8H15NO2/c1-6(5-10)8(2,3)7(11)9-4/h10H,1,5H2,2-4H3,(H,9,11). The molecule has 3 nitrogen and oxygen atoms in total. The normalized spacial score (nSPS) is 10.9. The number of carbonyl (C=O) groups excluding carboxylic acids is 1. The second-order valence-corrected chi connectivity index (χ2v) is 2.97. The number of rotatable bonds is 3. The molecule has 0 aliphatic heterocycles. The summed E-state index contributed by atoms with van der Waals surface area (Å²) < 4.78 is 0. The Morgan fingerprint density at radius 2 is 2.09 bits per heavy atom. The van der Waals surface area contributed by atoms with Gasteiger partial charge in [0.15, 0.2) is 0 Å². The van der Waals surface area contributed by atoms with Crippen molar-refractivity contribution in [1.29, 1.82) is 0 Å². The highest BCUT2D eigenvalue weighted by atomic mass is 16.3. The van der Waals surface area contributed by atoms with Gasteiger partial charge in [-0.1, -0.05) is 6.58 Å². The largest absolute Gasteiger partial charge is 0.392 e. The van der Waals surface area contributed by atoms with Crippen molar-refractivity contribution in [3.05, 3.63) is 12.2 Å². The first kappa shape index (κ1) is 10.2. The lowest BCUT2D eigenvalue weighted by atomic mass is 9.84. The van der Waals surface area contributed by atoms with Crippen molar-refractivity contribution < 1.29 is 9.90 Å². The minimum Gasteiger partial charge on any atom is -0.392 e. The Morgan fingerprint density at radius 1 is 1.64 bits per heavy atom. The van der Waals surface area contributed by atoms with Crippen LogP contribution in [0.25, 0.3) is 0 Å². The monoisotopic (exact) mass is 157 g/mol. The van der Waals surface area contributed by atoms with E-state index < -0.39 is 5.41 Å². The van der Waals surface area contributed by atoms with E-state index >= 15 is 0 Å². The van der Waals surface area contributed by atoms with Crippen LogP contribution in [0.5, 0.6) is 0 Å². The van der Waals surface area contributed by atoms with Gasteiger partial charge in [0.1, 0.15) is 0 Å². The molecule has 0 radical (unpaired) electrons. The molecular weight excluding hydrogens is 142 g/mol. The molecule has 0 bridgehead atoms. The van der Waals surface area contributed by atoms with Crippen molar-refractivity contribution in [2.45, 2.75) is 13.8 Å². The Bertz CT molecular complexity index is 155. The third-order valence-corrected chi connectivity index (χ3v) is 1.87. The minimum atomic E-state index is -0.677. The van der Waals surface area contributed by atoms with E-state index in [1.54, 1.807) is 20.9 Å². The summed E-state index contributed by atoms with van der Waals surface area (Å²) >= 11 is 0. The first-order valence-corrected chi connectivity index (χ1v) is 3.48. The lowest BCUT2D eigenvalue weighted by Crippen LogP contribution is -2.36. The molecule has 2 N–H and O–H groups in total. The van der Waals surface area contributed by atoms with Crippen LogP contribution in [0.15, 0.2) is 12.2 Å². The SMILES string of the molecule is C=C(CO)C(C)(C)C(=O)NC. The van der Waals surface area contributed by atoms with Gasteiger partial charge in [-0.05, 0) is 19.4 Å². The molecule has 0 saturated carbocycles. The molecule has 1 amide bonds. The van der Waals surface area contributed by atoms with E-state index in [0.29, 0.717) is 5.57 Å². The van der Waals surface area contributed by atoms with Gasteiger partial charge >= 0.3 is 0 Å². The zero-order valence-electron chi connectivity index (χ0n) is 7.27. The Balaban J connectivity index is 4.44. The van der Waals surface area contributed by atoms with E-state index in [0.717, 1.165) is 0 Å². The fourth-order valence-electron chi connectivity index (χ4n) is 0.671. The average molecular weight is 157 g/mol. The van der Waals surface area contributed by atoms with Gasteiger partial charge in [0.05, 0.1) is 12.0 Å². The summed E-state index contributed by atoms with van der Waals surface area (Å²) in [7, 11) is 1.56. The zero-order valence-corrected chi connectivity index (χ0v) is 7.27. The van der Waals surface area contributed by atoms with Crippen LogP contribution < -0.4 is 5.32 Å². The molecule has 0 spiro atoms. The molecule has 0 aromatic rings. The summed E-state index contributed by atoms with van der Waals surface area (Å²) in [4.78, 5) is 11.2. The van der Waals surface area contributed by atoms with Crippen LogP contribution >= 0.6 is 0 Å². The maximum absolute atomic E-state index is 11.2. The van der Waals surface area contributed by atoms with E-state index in [9.17, 15) is 4.79 Å². The molecule has 0 heterocycles. The number of nitrogens with one attached hydrogen (secondary N) is 1. The Morgan fingerprint density at radius 3 is 2.36 bits per heavy atom. The van der Waals surface area contributed by atoms with Gasteiger partial charge in [-0.2, -0.15) is 0 Å². The molecule has 64 valence electrons. The number of hydrogen-bond donors (Lipinski definition) is 2. The molecule has 0 unspecified atom stereocenters. The van der Waals surface area contributed by atoms with Crippen molar-refractivity contribution in [2.75, 3.05) is 13.7 Å². The van der Waals surface area contributed by atoms with Gasteiger partial charge in [-0.3, -0.25) is 4.79 Å². The van der Waals surface area contributed by atoms with Gasteiger partial charge in [0.25, 0.3) is 0 Å². The fourth-order valence-corrected chi connectivity index (χ4v) is 0.671. The third-order valence-electron chi connectivity index (χ3n) is 1.87. The Labute approximate surface area is 67.1 Å². The second-order valence-electron chi connectivity index (χ2n) is 2.97. The molecular formula is C8H15NO2. The maximum Gasteiger partial charge on any atom is 0.229 e. The second kappa shape index (κ2) is 3.53. The van der Waals surface area contributed by atoms with Gasteiger partial charge in [0.2, 0.25) is 5.91 Å². The van der Waals surface area contributed by atoms with Gasteiger partial charge in [-0.15, -0.1) is 0 Å². The number of aliphatic hydroxyl groups excluding tert-OH is 1. The van der Waals surface area contributed by atoms with Crippen LogP contribution in [-0.4, -0.2) is 24.7 Å². The van der Waals surface area contributed by atoms with Crippen LogP contribution in [0.4, 0.5) is 0 Å². The van der Waals surface area contributed by atoms with Crippen molar-refractivity contribution in [3.8, 4) is 0 Å². The molecule has 0 atom stereocenters. The average Bonchev–Trinajstić information content (AvgIpc) is 2.01. The van der Waals surface area contributed by atoms with Crippen LogP contribution in [0.3, 0.4) is 0 Å². The predicted molar refractivity (Wildman–Crippen MR) is 44.1 cm³/mol. The number of amides is 1. The molecule has 3 heteroatoms. The van der Waals surface area contributed by atoms with Gasteiger partial charge < -0.3 is 10.4 Å². The van der Waals surface area contributed by atoms with E-state index in [1.165, 1.54) is 0 Å². The highest BCUT2D eigenvalue weighted by Gasteiger charge is 2.28. The minimum absolute atomic E-state index is 0.128. The van der Waals surface area contributed by atoms with E-state index in [-0.39, 0.29) is 12.5 Å². The zero-order chi connectivity index (χ0) is 9.07. The summed E-state index contributed by atoms with van der Waals surface area (Å²) in [5.41, 5.74) is -0.152. The van der Waals surface area contributed by atoms with E-state index in [2.05, 4.69) is 11.9 Å². The number of aliphatic hydroxyl groups is 1. The maximum atomic E-state index is 11.2. The fraction of sp³-hybridized carbons (Fsp3) is 0.625. The van der Waals surface area contributed by atoms with E-state index in [4.69, 9.17) is 5.11 Å². The van der Waals surface area contributed by atoms with Crippen molar-refractivity contribution in [2.24, 2.45) is 5.41 Å². The lowest BCUT2D eigenvalue weighted by Gasteiger charge is -2.23. The van der Waals surface area contributed by atoms with Crippen molar-refractivity contribution >= 4 is 5.91 Å². The number of hydrogen-bond acceptors (Lipinski definition) is 2. The molecule has 0 rings (SSSR count). The predicted octanol–water partition coefficient (Wildman–Crippen LogP) is 0.307. The highest BCUT2D eigenvalue weighted by molar-refractivity contribution is 5.84. The summed E-state index contributed by atoms with van der Waals surface area (Å²) in [6.07, 6.45) is 0. The molecule has 0 aromatic carbocycles. The smallest absolute Gasteiger partial charge is 0.229 e. The van der Waals surface area contributed by atoms with Crippen LogP contribution in [0.1, 0.15) is 13.8 Å². The Kier molecular flexibility index (Phi) is 3.26. The molecule has 11 heavy (non-hydrogen) atoms.